The number of halogens is 1. The monoisotopic (exact) mass is 328 g/mol. The third-order valence-electron chi connectivity index (χ3n) is 3.79. The van der Waals surface area contributed by atoms with E-state index in [4.69, 9.17) is 14.3 Å². The van der Waals surface area contributed by atoms with Crippen molar-refractivity contribution in [2.45, 2.75) is 12.5 Å². The molecule has 1 N–H and O–H groups in total. The number of carbonyl (C=O) groups is 1. The van der Waals surface area contributed by atoms with Crippen molar-refractivity contribution < 1.29 is 23.5 Å². The van der Waals surface area contributed by atoms with Crippen LogP contribution in [0.15, 0.2) is 47.6 Å². The topological polar surface area (TPSA) is 69.2 Å². The van der Waals surface area contributed by atoms with Crippen molar-refractivity contribution >= 4 is 17.3 Å². The average molecular weight is 328 g/mol. The lowest BCUT2D eigenvalue weighted by molar-refractivity contribution is -0.125. The Morgan fingerprint density at radius 3 is 2.88 bits per heavy atom. The van der Waals surface area contributed by atoms with Gasteiger partial charge in [0.1, 0.15) is 5.82 Å². The Morgan fingerprint density at radius 2 is 2.00 bits per heavy atom. The van der Waals surface area contributed by atoms with E-state index in [9.17, 15) is 9.18 Å². The first-order valence-electron chi connectivity index (χ1n) is 7.39. The first-order valence-corrected chi connectivity index (χ1v) is 7.39. The van der Waals surface area contributed by atoms with Gasteiger partial charge >= 0.3 is 0 Å². The maximum Gasteiger partial charge on any atom is 0.268 e. The lowest BCUT2D eigenvalue weighted by Crippen LogP contribution is -2.28. The Labute approximate surface area is 136 Å². The number of ether oxygens (including phenoxy) is 2. The largest absolute Gasteiger partial charge is 0.454 e. The molecule has 0 aromatic heterocycles. The first kappa shape index (κ1) is 14.5. The highest BCUT2D eigenvalue weighted by molar-refractivity contribution is 6.06. The van der Waals surface area contributed by atoms with Crippen LogP contribution < -0.4 is 14.8 Å². The van der Waals surface area contributed by atoms with Gasteiger partial charge in [0.25, 0.3) is 5.91 Å². The van der Waals surface area contributed by atoms with Gasteiger partial charge in [-0.25, -0.2) is 4.39 Å². The van der Waals surface area contributed by atoms with E-state index in [1.807, 2.05) is 0 Å². The summed E-state index contributed by atoms with van der Waals surface area (Å²) in [6.07, 6.45) is -0.595. The number of nitrogens with zero attached hydrogens (tertiary/aromatic N) is 1. The maximum absolute atomic E-state index is 13.8. The zero-order valence-electron chi connectivity index (χ0n) is 12.5. The molecule has 2 heterocycles. The molecule has 2 aliphatic heterocycles. The molecule has 0 saturated heterocycles. The first-order chi connectivity index (χ1) is 11.7. The summed E-state index contributed by atoms with van der Waals surface area (Å²) in [6.45, 7) is 0.165. The van der Waals surface area contributed by atoms with Gasteiger partial charge in [0.05, 0.1) is 5.71 Å². The van der Waals surface area contributed by atoms with Crippen molar-refractivity contribution in [1.29, 1.82) is 0 Å². The fraction of sp³-hybridized carbons (Fsp3) is 0.176. The summed E-state index contributed by atoms with van der Waals surface area (Å²) in [6, 6.07) is 11.4. The van der Waals surface area contributed by atoms with Gasteiger partial charge in [-0.15, -0.1) is 0 Å². The second kappa shape index (κ2) is 5.84. The van der Waals surface area contributed by atoms with Crippen molar-refractivity contribution in [3.05, 3.63) is 53.8 Å². The normalized spacial score (nSPS) is 18.0. The average Bonchev–Trinajstić information content (AvgIpc) is 3.24. The molecular formula is C17H13FN2O4. The fourth-order valence-corrected chi connectivity index (χ4v) is 2.57. The molecule has 0 radical (unpaired) electrons. The van der Waals surface area contributed by atoms with Gasteiger partial charge in [-0.3, -0.25) is 4.79 Å². The number of fused-ring (bicyclic) bond motifs is 1. The van der Waals surface area contributed by atoms with Crippen LogP contribution in [0, 0.1) is 5.82 Å². The van der Waals surface area contributed by atoms with Gasteiger partial charge in [-0.05, 0) is 18.2 Å². The number of benzene rings is 2. The Hall–Kier alpha value is -3.09. The molecule has 2 aromatic carbocycles. The van der Waals surface area contributed by atoms with Crippen LogP contribution in [0.4, 0.5) is 10.1 Å². The maximum atomic E-state index is 13.8. The molecule has 122 valence electrons. The van der Waals surface area contributed by atoms with E-state index in [-0.39, 0.29) is 19.1 Å². The smallest absolute Gasteiger partial charge is 0.268 e. The van der Waals surface area contributed by atoms with Crippen molar-refractivity contribution in [2.24, 2.45) is 5.16 Å². The molecule has 1 atom stereocenters. The highest BCUT2D eigenvalue weighted by Crippen LogP contribution is 2.34. The molecule has 0 fully saturated rings. The molecule has 0 bridgehead atoms. The number of nitrogens with one attached hydrogen (secondary N) is 1. The summed E-state index contributed by atoms with van der Waals surface area (Å²) in [5.41, 5.74) is 1.32. The summed E-state index contributed by atoms with van der Waals surface area (Å²) in [5, 5.41) is 6.57. The van der Waals surface area contributed by atoms with E-state index in [1.54, 1.807) is 36.4 Å². The van der Waals surface area contributed by atoms with Crippen LogP contribution in [0.3, 0.4) is 0 Å². The van der Waals surface area contributed by atoms with Crippen LogP contribution in [0.25, 0.3) is 0 Å². The molecule has 1 unspecified atom stereocenters. The van der Waals surface area contributed by atoms with Crippen LogP contribution in [0.1, 0.15) is 12.0 Å². The minimum atomic E-state index is -0.801. The van der Waals surface area contributed by atoms with Crippen LogP contribution in [0.5, 0.6) is 11.5 Å². The fourth-order valence-electron chi connectivity index (χ4n) is 2.57. The van der Waals surface area contributed by atoms with Crippen LogP contribution in [0.2, 0.25) is 0 Å². The number of hydrogen-bond acceptors (Lipinski definition) is 5. The van der Waals surface area contributed by atoms with Gasteiger partial charge in [-0.1, -0.05) is 23.4 Å². The summed E-state index contributed by atoms with van der Waals surface area (Å²) < 4.78 is 24.3. The molecule has 24 heavy (non-hydrogen) atoms. The SMILES string of the molecule is O=C(Nc1ccc2c(c1)OCO2)C1CC(c2ccccc2F)=NO1. The van der Waals surface area contributed by atoms with Gasteiger partial charge in [0.2, 0.25) is 12.9 Å². The second-order valence-corrected chi connectivity index (χ2v) is 5.37. The van der Waals surface area contributed by atoms with Crippen molar-refractivity contribution in [2.75, 3.05) is 12.1 Å². The zero-order chi connectivity index (χ0) is 16.5. The number of hydrogen-bond donors (Lipinski definition) is 1. The molecule has 0 saturated carbocycles. The van der Waals surface area contributed by atoms with Crippen LogP contribution in [-0.4, -0.2) is 24.5 Å². The molecule has 1 amide bonds. The van der Waals surface area contributed by atoms with Crippen molar-refractivity contribution in [3.63, 3.8) is 0 Å². The molecule has 2 aromatic rings. The van der Waals surface area contributed by atoms with E-state index < -0.39 is 11.9 Å². The zero-order valence-corrected chi connectivity index (χ0v) is 12.5. The standard InChI is InChI=1S/C17H13FN2O4/c18-12-4-2-1-3-11(12)13-8-16(24-20-13)17(21)19-10-5-6-14-15(7-10)23-9-22-14/h1-7,16H,8-9H2,(H,19,21). The van der Waals surface area contributed by atoms with E-state index in [1.165, 1.54) is 6.07 Å². The molecule has 6 nitrogen and oxygen atoms in total. The molecule has 4 rings (SSSR count). The van der Waals surface area contributed by atoms with Gasteiger partial charge < -0.3 is 19.6 Å². The van der Waals surface area contributed by atoms with E-state index in [2.05, 4.69) is 10.5 Å². The van der Waals surface area contributed by atoms with Crippen molar-refractivity contribution in [1.82, 2.24) is 0 Å². The lowest BCUT2D eigenvalue weighted by Gasteiger charge is -2.10. The number of amides is 1. The molecule has 2 aliphatic rings. The number of anilines is 1. The number of carbonyl (C=O) groups excluding carboxylic acids is 1. The molecular weight excluding hydrogens is 315 g/mol. The van der Waals surface area contributed by atoms with E-state index in [0.29, 0.717) is 28.5 Å². The van der Waals surface area contributed by atoms with Gasteiger partial charge in [0.15, 0.2) is 11.5 Å². The Morgan fingerprint density at radius 1 is 1.17 bits per heavy atom. The number of rotatable bonds is 3. The Balaban J connectivity index is 1.43. The molecule has 0 spiro atoms. The van der Waals surface area contributed by atoms with Gasteiger partial charge in [-0.2, -0.15) is 0 Å². The molecule has 7 heteroatoms. The van der Waals surface area contributed by atoms with Crippen LogP contribution >= 0.6 is 0 Å². The third-order valence-corrected chi connectivity index (χ3v) is 3.79. The summed E-state index contributed by atoms with van der Waals surface area (Å²) in [5.74, 6) is 0.458. The predicted molar refractivity (Wildman–Crippen MR) is 83.6 cm³/mol. The lowest BCUT2D eigenvalue weighted by atomic mass is 10.0. The minimum Gasteiger partial charge on any atom is -0.454 e. The summed E-state index contributed by atoms with van der Waals surface area (Å²) >= 11 is 0. The third kappa shape index (κ3) is 2.64. The number of oxime groups is 1. The van der Waals surface area contributed by atoms with Crippen molar-refractivity contribution in [3.8, 4) is 11.5 Å². The predicted octanol–water partition coefficient (Wildman–Crippen LogP) is 2.69. The quantitative estimate of drug-likeness (QED) is 0.940. The van der Waals surface area contributed by atoms with E-state index >= 15 is 0 Å². The van der Waals surface area contributed by atoms with Gasteiger partial charge in [0, 0.05) is 23.7 Å². The Bertz CT molecular complexity index is 837. The highest BCUT2D eigenvalue weighted by atomic mass is 19.1. The summed E-state index contributed by atoms with van der Waals surface area (Å²) in [4.78, 5) is 17.5. The second-order valence-electron chi connectivity index (χ2n) is 5.37. The summed E-state index contributed by atoms with van der Waals surface area (Å²) in [7, 11) is 0. The van der Waals surface area contributed by atoms with Crippen LogP contribution in [-0.2, 0) is 9.63 Å². The van der Waals surface area contributed by atoms with E-state index in [0.717, 1.165) is 0 Å². The Kier molecular flexibility index (Phi) is 3.53. The highest BCUT2D eigenvalue weighted by Gasteiger charge is 2.30. The minimum absolute atomic E-state index is 0.165. The molecule has 0 aliphatic carbocycles.